The van der Waals surface area contributed by atoms with Crippen molar-refractivity contribution in [3.8, 4) is 57.0 Å². The number of rotatable bonds is 4. The molecule has 0 saturated carbocycles. The summed E-state index contributed by atoms with van der Waals surface area (Å²) in [5, 5.41) is 18.3. The van der Waals surface area contributed by atoms with Gasteiger partial charge in [-0.1, -0.05) is 66.7 Å². The van der Waals surface area contributed by atoms with Gasteiger partial charge in [-0.3, -0.25) is 0 Å². The fourth-order valence-electron chi connectivity index (χ4n) is 6.64. The number of nitrogens with zero attached hydrogens (tertiary/aromatic N) is 5. The molecule has 0 amide bonds. The zero-order valence-corrected chi connectivity index (χ0v) is 27.6. The van der Waals surface area contributed by atoms with E-state index < -0.39 is 63.0 Å². The van der Waals surface area contributed by atoms with Crippen molar-refractivity contribution in [3.05, 3.63) is 149 Å². The summed E-state index contributed by atoms with van der Waals surface area (Å²) in [5.41, 5.74) is -2.30. The Bertz CT molecular complexity index is 2950. The SMILES string of the molecule is N#Cc1ccc(-c2nc3cc(C(F)(F)F)c4c(-c5ccccc5-c5c(F)c(F)c(F)c(F)c5F)nc5ccccc5c4c3nc2-c2ccc(C#N)cc2)cc1. The van der Waals surface area contributed by atoms with Gasteiger partial charge in [0.2, 0.25) is 5.82 Å². The summed E-state index contributed by atoms with van der Waals surface area (Å²) in [5.74, 6) is -11.2. The van der Waals surface area contributed by atoms with Gasteiger partial charge in [-0.2, -0.15) is 23.7 Å². The first kappa shape index (κ1) is 34.8. The molecule has 6 aromatic carbocycles. The van der Waals surface area contributed by atoms with E-state index >= 15 is 22.0 Å². The van der Waals surface area contributed by atoms with E-state index in [4.69, 9.17) is 9.97 Å². The van der Waals surface area contributed by atoms with Crippen molar-refractivity contribution >= 4 is 32.7 Å². The van der Waals surface area contributed by atoms with Crippen molar-refractivity contribution in [2.75, 3.05) is 0 Å². The lowest BCUT2D eigenvalue weighted by atomic mass is 9.90. The van der Waals surface area contributed by atoms with Crippen molar-refractivity contribution in [2.24, 2.45) is 0 Å². The van der Waals surface area contributed by atoms with Crippen molar-refractivity contribution < 1.29 is 35.1 Å². The highest BCUT2D eigenvalue weighted by Crippen LogP contribution is 2.47. The smallest absolute Gasteiger partial charge is 0.247 e. The Balaban J connectivity index is 1.56. The summed E-state index contributed by atoms with van der Waals surface area (Å²) in [7, 11) is 0. The molecule has 8 aromatic rings. The minimum atomic E-state index is -5.10. The highest BCUT2D eigenvalue weighted by atomic mass is 19.4. The molecule has 0 bridgehead atoms. The average Bonchev–Trinajstić information content (AvgIpc) is 3.21. The zero-order chi connectivity index (χ0) is 38.8. The molecule has 0 fully saturated rings. The first-order chi connectivity index (χ1) is 26.4. The van der Waals surface area contributed by atoms with Crippen LogP contribution < -0.4 is 0 Å². The molecule has 13 heteroatoms. The van der Waals surface area contributed by atoms with Gasteiger partial charge in [0.15, 0.2) is 23.3 Å². The van der Waals surface area contributed by atoms with Crippen LogP contribution in [0.15, 0.2) is 103 Å². The lowest BCUT2D eigenvalue weighted by molar-refractivity contribution is -0.136. The minimum absolute atomic E-state index is 0.0340. The zero-order valence-electron chi connectivity index (χ0n) is 27.6. The van der Waals surface area contributed by atoms with E-state index in [0.717, 1.165) is 12.1 Å². The van der Waals surface area contributed by atoms with Crippen LogP contribution in [-0.2, 0) is 6.18 Å². The van der Waals surface area contributed by atoms with Gasteiger partial charge in [0.05, 0.1) is 68.0 Å². The average molecular weight is 744 g/mol. The summed E-state index contributed by atoms with van der Waals surface area (Å²) in [6, 6.07) is 28.1. The van der Waals surface area contributed by atoms with E-state index in [1.54, 1.807) is 36.4 Å². The maximum absolute atomic E-state index is 15.4. The van der Waals surface area contributed by atoms with Gasteiger partial charge in [-0.05, 0) is 42.0 Å². The van der Waals surface area contributed by atoms with E-state index in [1.807, 2.05) is 12.1 Å². The number of aromatic nitrogens is 3. The molecule has 266 valence electrons. The Labute approximate surface area is 305 Å². The van der Waals surface area contributed by atoms with Crippen LogP contribution in [0.3, 0.4) is 0 Å². The third-order valence-electron chi connectivity index (χ3n) is 9.14. The number of fused-ring (bicyclic) bond motifs is 5. The summed E-state index contributed by atoms with van der Waals surface area (Å²) < 4.78 is 120. The monoisotopic (exact) mass is 743 g/mol. The molecule has 0 saturated heterocycles. The first-order valence-electron chi connectivity index (χ1n) is 16.2. The van der Waals surface area contributed by atoms with Gasteiger partial charge >= 0.3 is 6.18 Å². The van der Waals surface area contributed by atoms with Gasteiger partial charge in [0.25, 0.3) is 0 Å². The molecule has 2 aromatic heterocycles. The number of pyridine rings is 1. The third-order valence-corrected chi connectivity index (χ3v) is 9.14. The van der Waals surface area contributed by atoms with Crippen LogP contribution in [0.25, 0.3) is 77.6 Å². The van der Waals surface area contributed by atoms with E-state index in [0.29, 0.717) is 22.3 Å². The molecular formula is C42H17F8N5. The van der Waals surface area contributed by atoms with E-state index in [-0.39, 0.29) is 44.3 Å². The maximum atomic E-state index is 15.4. The van der Waals surface area contributed by atoms with Crippen LogP contribution in [0.2, 0.25) is 0 Å². The Kier molecular flexibility index (Phi) is 8.23. The number of hydrogen-bond donors (Lipinski definition) is 0. The molecule has 0 unspecified atom stereocenters. The summed E-state index contributed by atoms with van der Waals surface area (Å²) >= 11 is 0. The van der Waals surface area contributed by atoms with Crippen LogP contribution in [0.1, 0.15) is 16.7 Å². The molecule has 2 heterocycles. The summed E-state index contributed by atoms with van der Waals surface area (Å²) in [6.07, 6.45) is -5.10. The normalized spacial score (nSPS) is 11.6. The fraction of sp³-hybridized carbons (Fsp3) is 0.0238. The Hall–Kier alpha value is -7.25. The Morgan fingerprint density at radius 1 is 0.491 bits per heavy atom. The van der Waals surface area contributed by atoms with Crippen molar-refractivity contribution in [2.45, 2.75) is 6.18 Å². The van der Waals surface area contributed by atoms with Crippen molar-refractivity contribution in [3.63, 3.8) is 0 Å². The van der Waals surface area contributed by atoms with E-state index in [9.17, 15) is 23.7 Å². The molecule has 0 N–H and O–H groups in total. The lowest BCUT2D eigenvalue weighted by Gasteiger charge is -2.20. The second-order valence-electron chi connectivity index (χ2n) is 12.3. The first-order valence-corrected chi connectivity index (χ1v) is 16.2. The third kappa shape index (κ3) is 5.65. The number of para-hydroxylation sites is 1. The Morgan fingerprint density at radius 3 is 1.55 bits per heavy atom. The molecule has 0 atom stereocenters. The van der Waals surface area contributed by atoms with Crippen LogP contribution in [-0.4, -0.2) is 15.0 Å². The second-order valence-corrected chi connectivity index (χ2v) is 12.3. The largest absolute Gasteiger partial charge is 0.417 e. The molecule has 0 spiro atoms. The number of nitriles is 2. The van der Waals surface area contributed by atoms with Gasteiger partial charge in [-0.25, -0.2) is 36.9 Å². The van der Waals surface area contributed by atoms with E-state index in [1.165, 1.54) is 54.6 Å². The van der Waals surface area contributed by atoms with Crippen LogP contribution in [0.4, 0.5) is 35.1 Å². The van der Waals surface area contributed by atoms with Crippen LogP contribution >= 0.6 is 0 Å². The van der Waals surface area contributed by atoms with Crippen LogP contribution in [0, 0.1) is 51.7 Å². The molecule has 0 aliphatic carbocycles. The lowest BCUT2D eigenvalue weighted by Crippen LogP contribution is -2.09. The van der Waals surface area contributed by atoms with Gasteiger partial charge in [-0.15, -0.1) is 0 Å². The highest BCUT2D eigenvalue weighted by Gasteiger charge is 2.37. The number of alkyl halides is 3. The molecule has 8 rings (SSSR count). The van der Waals surface area contributed by atoms with Crippen molar-refractivity contribution in [1.82, 2.24) is 15.0 Å². The fourth-order valence-corrected chi connectivity index (χ4v) is 6.64. The summed E-state index contributed by atoms with van der Waals surface area (Å²) in [6.45, 7) is 0. The molecule has 5 nitrogen and oxygen atoms in total. The number of benzene rings is 6. The van der Waals surface area contributed by atoms with Gasteiger partial charge in [0, 0.05) is 32.8 Å². The topological polar surface area (TPSA) is 86.2 Å². The summed E-state index contributed by atoms with van der Waals surface area (Å²) in [4.78, 5) is 14.2. The standard InChI is InChI=1S/C42H17F8N5/c43-33-31(34(44)36(46)37(47)35(33)45)24-5-1-2-6-25(24)40-32-27(42(48,49)50)17-29-41(30(32)26-7-3-4-8-28(26)53-40)55-39(23-15-11-21(19-52)12-16-23)38(54-29)22-13-9-20(18-51)10-14-22/h1-17H. The molecule has 55 heavy (non-hydrogen) atoms. The molecule has 0 aliphatic heterocycles. The minimum Gasteiger partial charge on any atom is -0.247 e. The molecule has 0 aliphatic rings. The van der Waals surface area contributed by atoms with Crippen LogP contribution in [0.5, 0.6) is 0 Å². The maximum Gasteiger partial charge on any atom is 0.417 e. The van der Waals surface area contributed by atoms with Gasteiger partial charge in [0.1, 0.15) is 0 Å². The molecular weight excluding hydrogens is 726 g/mol. The van der Waals surface area contributed by atoms with E-state index in [2.05, 4.69) is 4.98 Å². The predicted molar refractivity (Wildman–Crippen MR) is 188 cm³/mol. The van der Waals surface area contributed by atoms with Gasteiger partial charge < -0.3 is 0 Å². The quantitative estimate of drug-likeness (QED) is 0.0775. The number of halogens is 8. The predicted octanol–water partition coefficient (Wildman–Crippen LogP) is 11.5. The second kappa shape index (κ2) is 13.0. The Morgan fingerprint density at radius 2 is 0.982 bits per heavy atom. The highest BCUT2D eigenvalue weighted by molar-refractivity contribution is 6.23. The molecule has 0 radical (unpaired) electrons. The number of hydrogen-bond acceptors (Lipinski definition) is 5. The van der Waals surface area contributed by atoms with Crippen molar-refractivity contribution in [1.29, 1.82) is 10.5 Å².